The van der Waals surface area contributed by atoms with Gasteiger partial charge in [-0.2, -0.15) is 0 Å². The second-order valence-corrected chi connectivity index (χ2v) is 11.7. The summed E-state index contributed by atoms with van der Waals surface area (Å²) in [7, 11) is 0. The van der Waals surface area contributed by atoms with E-state index in [0.717, 1.165) is 16.7 Å². The molecular weight excluding hydrogens is 532 g/mol. The van der Waals surface area contributed by atoms with Gasteiger partial charge in [0.1, 0.15) is 5.65 Å². The maximum atomic E-state index is 5.18. The molecule has 0 saturated heterocycles. The fourth-order valence-corrected chi connectivity index (χ4v) is 6.81. The SMILES string of the molecule is Cc1cccc2ccc3ccc(-c4ccc(-c5ccc6c(c5)nc5c7ccccc7c7ccccc7n65)cc4)c(cc1)c3c2. The summed E-state index contributed by atoms with van der Waals surface area (Å²) < 4.78 is 2.31. The van der Waals surface area contributed by atoms with Crippen molar-refractivity contribution < 1.29 is 0 Å². The van der Waals surface area contributed by atoms with Crippen molar-refractivity contribution in [3.63, 3.8) is 0 Å². The standard InChI is InChI=1S/C42H28N2/c1-27-7-6-8-28-14-15-31-20-23-33(35(22-13-27)38(31)25-28)30-18-16-29(17-19-30)32-21-24-41-39(26-32)43-42-37-11-3-2-9-34(37)36-10-4-5-12-40(36)44(41)42/h2-26H,1H3. The zero-order valence-electron chi connectivity index (χ0n) is 24.3. The third kappa shape index (κ3) is 3.85. The Balaban J connectivity index is 1.18. The molecular formula is C42H28N2. The summed E-state index contributed by atoms with van der Waals surface area (Å²) in [6.07, 6.45) is 0. The number of rotatable bonds is 2. The summed E-state index contributed by atoms with van der Waals surface area (Å²) in [5.41, 5.74) is 10.3. The van der Waals surface area contributed by atoms with Gasteiger partial charge in [0.15, 0.2) is 0 Å². The van der Waals surface area contributed by atoms with Gasteiger partial charge < -0.3 is 0 Å². The Morgan fingerprint density at radius 3 is 2.09 bits per heavy atom. The lowest BCUT2D eigenvalue weighted by atomic mass is 9.94. The first-order valence-electron chi connectivity index (χ1n) is 15.1. The van der Waals surface area contributed by atoms with Crippen molar-refractivity contribution in [1.82, 2.24) is 9.38 Å². The van der Waals surface area contributed by atoms with Crippen LogP contribution in [0.2, 0.25) is 0 Å². The smallest absolute Gasteiger partial charge is 0.146 e. The molecule has 2 bridgehead atoms. The fraction of sp³-hybridized carbons (Fsp3) is 0.0238. The average Bonchev–Trinajstić information content (AvgIpc) is 3.47. The van der Waals surface area contributed by atoms with E-state index < -0.39 is 0 Å². The molecule has 0 fully saturated rings. The Morgan fingerprint density at radius 1 is 0.455 bits per heavy atom. The van der Waals surface area contributed by atoms with Crippen LogP contribution >= 0.6 is 0 Å². The van der Waals surface area contributed by atoms with Crippen LogP contribution < -0.4 is 0 Å². The predicted octanol–water partition coefficient (Wildman–Crippen LogP) is 11.3. The molecule has 9 rings (SSSR count). The van der Waals surface area contributed by atoms with Crippen LogP contribution in [-0.2, 0) is 0 Å². The van der Waals surface area contributed by atoms with Crippen LogP contribution in [0.1, 0.15) is 5.56 Å². The molecule has 2 heteroatoms. The summed E-state index contributed by atoms with van der Waals surface area (Å²) in [6.45, 7) is 2.15. The number of imidazole rings is 1. The third-order valence-electron chi connectivity index (χ3n) is 9.03. The van der Waals surface area contributed by atoms with Crippen LogP contribution in [0.4, 0.5) is 0 Å². The van der Waals surface area contributed by atoms with Crippen molar-refractivity contribution in [2.75, 3.05) is 0 Å². The summed E-state index contributed by atoms with van der Waals surface area (Å²) in [4.78, 5) is 5.18. The van der Waals surface area contributed by atoms with Gasteiger partial charge in [-0.1, -0.05) is 133 Å². The van der Waals surface area contributed by atoms with Crippen molar-refractivity contribution in [3.8, 4) is 22.3 Å². The minimum absolute atomic E-state index is 1.00. The van der Waals surface area contributed by atoms with E-state index in [-0.39, 0.29) is 0 Å². The van der Waals surface area contributed by atoms with Crippen LogP contribution in [0, 0.1) is 6.92 Å². The maximum absolute atomic E-state index is 5.18. The number of benzene rings is 6. The van der Waals surface area contributed by atoms with Crippen LogP contribution in [-0.4, -0.2) is 9.38 Å². The lowest BCUT2D eigenvalue weighted by Crippen LogP contribution is -1.91. The van der Waals surface area contributed by atoms with Crippen LogP contribution in [0.25, 0.3) is 82.2 Å². The molecule has 0 atom stereocenters. The molecule has 2 heterocycles. The Bertz CT molecular complexity index is 2610. The van der Waals surface area contributed by atoms with E-state index >= 15 is 0 Å². The number of aryl methyl sites for hydroxylation is 1. The Hall–Kier alpha value is -5.73. The zero-order valence-corrected chi connectivity index (χ0v) is 24.3. The van der Waals surface area contributed by atoms with Gasteiger partial charge in [0.2, 0.25) is 0 Å². The lowest BCUT2D eigenvalue weighted by Gasteiger charge is -2.10. The van der Waals surface area contributed by atoms with E-state index in [1.165, 1.54) is 71.0 Å². The van der Waals surface area contributed by atoms with Gasteiger partial charge >= 0.3 is 0 Å². The zero-order chi connectivity index (χ0) is 29.2. The van der Waals surface area contributed by atoms with E-state index in [2.05, 4.69) is 163 Å². The molecule has 0 spiro atoms. The van der Waals surface area contributed by atoms with Gasteiger partial charge in [0.05, 0.1) is 16.6 Å². The van der Waals surface area contributed by atoms with E-state index in [1.54, 1.807) is 0 Å². The normalized spacial score (nSPS) is 11.8. The highest BCUT2D eigenvalue weighted by Gasteiger charge is 2.14. The van der Waals surface area contributed by atoms with Crippen LogP contribution in [0.5, 0.6) is 0 Å². The number of fused-ring (bicyclic) bond motifs is 9. The predicted molar refractivity (Wildman–Crippen MR) is 187 cm³/mol. The highest BCUT2D eigenvalue weighted by atomic mass is 15.0. The first-order valence-corrected chi connectivity index (χ1v) is 15.1. The number of para-hydroxylation sites is 1. The molecule has 0 aliphatic heterocycles. The Morgan fingerprint density at radius 2 is 1.20 bits per heavy atom. The molecule has 44 heavy (non-hydrogen) atoms. The second kappa shape index (κ2) is 9.65. The van der Waals surface area contributed by atoms with E-state index in [9.17, 15) is 0 Å². The largest absolute Gasteiger partial charge is 0.292 e. The molecule has 0 unspecified atom stereocenters. The quantitative estimate of drug-likeness (QED) is 0.192. The fourth-order valence-electron chi connectivity index (χ4n) is 6.81. The van der Waals surface area contributed by atoms with Crippen molar-refractivity contribution in [2.45, 2.75) is 6.92 Å². The molecule has 0 saturated carbocycles. The van der Waals surface area contributed by atoms with Gasteiger partial charge in [-0.3, -0.25) is 4.40 Å². The highest BCUT2D eigenvalue weighted by Crippen LogP contribution is 2.36. The summed E-state index contributed by atoms with van der Waals surface area (Å²) in [6, 6.07) is 55.0. The number of hydrogen-bond donors (Lipinski definition) is 0. The molecule has 0 aliphatic carbocycles. The van der Waals surface area contributed by atoms with Crippen LogP contribution in [0.15, 0.2) is 152 Å². The number of hydrogen-bond acceptors (Lipinski definition) is 1. The van der Waals surface area contributed by atoms with Crippen molar-refractivity contribution in [2.24, 2.45) is 0 Å². The molecule has 0 aliphatic rings. The summed E-state index contributed by atoms with van der Waals surface area (Å²) in [5, 5.41) is 8.66. The number of nitrogens with zero attached hydrogens (tertiary/aromatic N) is 2. The number of pyridine rings is 1. The molecule has 2 aromatic heterocycles. The molecule has 0 amide bonds. The Kier molecular flexibility index (Phi) is 5.45. The topological polar surface area (TPSA) is 17.3 Å². The molecule has 206 valence electrons. The first kappa shape index (κ1) is 24.8. The molecule has 0 N–H and O–H groups in total. The lowest BCUT2D eigenvalue weighted by molar-refractivity contribution is 1.31. The van der Waals surface area contributed by atoms with Crippen molar-refractivity contribution in [1.29, 1.82) is 0 Å². The van der Waals surface area contributed by atoms with E-state index in [1.807, 2.05) is 0 Å². The minimum atomic E-state index is 1.00. The van der Waals surface area contributed by atoms with Crippen molar-refractivity contribution >= 4 is 59.9 Å². The average molecular weight is 561 g/mol. The molecule has 7 aromatic carbocycles. The monoisotopic (exact) mass is 560 g/mol. The molecule has 0 radical (unpaired) electrons. The van der Waals surface area contributed by atoms with E-state index in [4.69, 9.17) is 4.98 Å². The first-order chi connectivity index (χ1) is 21.7. The van der Waals surface area contributed by atoms with Crippen molar-refractivity contribution in [3.05, 3.63) is 157 Å². The summed E-state index contributed by atoms with van der Waals surface area (Å²) in [5.74, 6) is 0. The van der Waals surface area contributed by atoms with Gasteiger partial charge in [-0.05, 0) is 80.4 Å². The second-order valence-electron chi connectivity index (χ2n) is 11.7. The molecule has 2 nitrogen and oxygen atoms in total. The summed E-state index contributed by atoms with van der Waals surface area (Å²) >= 11 is 0. The third-order valence-corrected chi connectivity index (χ3v) is 9.03. The Labute approximate surface area is 255 Å². The van der Waals surface area contributed by atoms with E-state index in [0.29, 0.717) is 0 Å². The van der Waals surface area contributed by atoms with Gasteiger partial charge in [0.25, 0.3) is 0 Å². The van der Waals surface area contributed by atoms with Crippen LogP contribution in [0.3, 0.4) is 0 Å². The van der Waals surface area contributed by atoms with Gasteiger partial charge in [0, 0.05) is 10.8 Å². The molecule has 9 aromatic rings. The number of aromatic nitrogens is 2. The van der Waals surface area contributed by atoms with Gasteiger partial charge in [-0.25, -0.2) is 4.98 Å². The highest BCUT2D eigenvalue weighted by molar-refractivity contribution is 6.14. The maximum Gasteiger partial charge on any atom is 0.146 e. The minimum Gasteiger partial charge on any atom is -0.292 e. The van der Waals surface area contributed by atoms with Gasteiger partial charge in [-0.15, -0.1) is 0 Å².